The van der Waals surface area contributed by atoms with Gasteiger partial charge in [0.25, 0.3) is 0 Å². The molecule has 19 heavy (non-hydrogen) atoms. The van der Waals surface area contributed by atoms with Crippen LogP contribution in [0.25, 0.3) is 17.1 Å². The van der Waals surface area contributed by atoms with Gasteiger partial charge in [-0.3, -0.25) is 0 Å². The number of nitrogens with zero attached hydrogens (tertiary/aromatic N) is 3. The first-order valence-corrected chi connectivity index (χ1v) is 6.34. The summed E-state index contributed by atoms with van der Waals surface area (Å²) in [5.74, 6) is 0. The normalized spacial score (nSPS) is 11.4. The van der Waals surface area contributed by atoms with Crippen molar-refractivity contribution < 1.29 is 0 Å². The number of fused-ring (bicyclic) bond motifs is 1. The summed E-state index contributed by atoms with van der Waals surface area (Å²) in [6, 6.07) is 16.3. The van der Waals surface area contributed by atoms with Crippen LogP contribution in [0.3, 0.4) is 0 Å². The van der Waals surface area contributed by atoms with Crippen LogP contribution >= 0.6 is 0 Å². The molecule has 1 heterocycles. The van der Waals surface area contributed by atoms with E-state index in [1.54, 1.807) is 4.80 Å². The fourth-order valence-electron chi connectivity index (χ4n) is 1.95. The Kier molecular flexibility index (Phi) is 3.11. The molecule has 0 aliphatic rings. The zero-order valence-corrected chi connectivity index (χ0v) is 10.8. The first kappa shape index (κ1) is 11.7. The Bertz CT molecular complexity index is 675. The summed E-state index contributed by atoms with van der Waals surface area (Å²) in [6.07, 6.45) is 4.16. The molecule has 0 aliphatic heterocycles. The van der Waals surface area contributed by atoms with Crippen molar-refractivity contribution in [1.82, 2.24) is 15.0 Å². The van der Waals surface area contributed by atoms with Gasteiger partial charge in [-0.2, -0.15) is 15.0 Å². The summed E-state index contributed by atoms with van der Waals surface area (Å²) in [6.45, 7) is 2.77. The second-order valence-corrected chi connectivity index (χ2v) is 4.56. The lowest BCUT2D eigenvalue weighted by Gasteiger charge is -1.95. The van der Waals surface area contributed by atoms with Gasteiger partial charge in [0.05, 0.1) is 6.54 Å². The number of aromatic nitrogens is 3. The predicted molar refractivity (Wildman–Crippen MR) is 77.7 cm³/mol. The highest BCUT2D eigenvalue weighted by molar-refractivity contribution is 5.72. The summed E-state index contributed by atoms with van der Waals surface area (Å²) >= 11 is 0. The number of hydrogen-bond acceptors (Lipinski definition) is 2. The Morgan fingerprint density at radius 2 is 1.58 bits per heavy atom. The smallest absolute Gasteiger partial charge is 0.113 e. The summed E-state index contributed by atoms with van der Waals surface area (Å²) in [4.78, 5) is 1.72. The molecule has 0 bridgehead atoms. The van der Waals surface area contributed by atoms with Gasteiger partial charge >= 0.3 is 0 Å². The first-order chi connectivity index (χ1) is 9.31. The molecule has 94 valence electrons. The molecule has 1 aromatic heterocycles. The number of hydrogen-bond donors (Lipinski definition) is 0. The molecule has 0 saturated heterocycles. The molecule has 3 rings (SSSR count). The lowest BCUT2D eigenvalue weighted by atomic mass is 10.1. The van der Waals surface area contributed by atoms with E-state index >= 15 is 0 Å². The van der Waals surface area contributed by atoms with Crippen molar-refractivity contribution in [2.24, 2.45) is 0 Å². The quantitative estimate of drug-likeness (QED) is 0.711. The predicted octanol–water partition coefficient (Wildman–Crippen LogP) is 3.45. The Morgan fingerprint density at radius 3 is 2.21 bits per heavy atom. The molecular weight excluding hydrogens is 234 g/mol. The van der Waals surface area contributed by atoms with E-state index in [2.05, 4.69) is 53.5 Å². The largest absolute Gasteiger partial charge is 0.180 e. The van der Waals surface area contributed by atoms with Gasteiger partial charge in [-0.25, -0.2) is 0 Å². The van der Waals surface area contributed by atoms with E-state index in [0.29, 0.717) is 6.54 Å². The van der Waals surface area contributed by atoms with Gasteiger partial charge in [0.15, 0.2) is 0 Å². The minimum atomic E-state index is 0.683. The Labute approximate surface area is 112 Å². The summed E-state index contributed by atoms with van der Waals surface area (Å²) in [5, 5.41) is 8.82. The molecule has 0 saturated carbocycles. The van der Waals surface area contributed by atoms with Crippen LogP contribution in [0.15, 0.2) is 54.6 Å². The highest BCUT2D eigenvalue weighted by Crippen LogP contribution is 2.08. The molecule has 0 unspecified atom stereocenters. The van der Waals surface area contributed by atoms with Crippen LogP contribution < -0.4 is 0 Å². The second-order valence-electron chi connectivity index (χ2n) is 4.56. The molecule has 3 aromatic rings. The van der Waals surface area contributed by atoms with E-state index in [9.17, 15) is 0 Å². The summed E-state index contributed by atoms with van der Waals surface area (Å²) in [7, 11) is 0. The van der Waals surface area contributed by atoms with Crippen LogP contribution in [0.1, 0.15) is 11.1 Å². The fourth-order valence-corrected chi connectivity index (χ4v) is 1.95. The Hall–Kier alpha value is -2.42. The second kappa shape index (κ2) is 5.06. The van der Waals surface area contributed by atoms with Crippen molar-refractivity contribution in [3.63, 3.8) is 0 Å². The fraction of sp³-hybridized carbons (Fsp3) is 0.125. The van der Waals surface area contributed by atoms with E-state index in [0.717, 1.165) is 11.0 Å². The van der Waals surface area contributed by atoms with Crippen molar-refractivity contribution in [1.29, 1.82) is 0 Å². The van der Waals surface area contributed by atoms with E-state index in [1.807, 2.05) is 24.3 Å². The SMILES string of the molecule is Cc1ccc(C=CCn2nc3ccccc3n2)cc1. The minimum absolute atomic E-state index is 0.683. The molecule has 0 amide bonds. The van der Waals surface area contributed by atoms with Crippen molar-refractivity contribution in [2.45, 2.75) is 13.5 Å². The topological polar surface area (TPSA) is 30.7 Å². The van der Waals surface area contributed by atoms with Gasteiger partial charge in [0.1, 0.15) is 11.0 Å². The Morgan fingerprint density at radius 1 is 0.947 bits per heavy atom. The van der Waals surface area contributed by atoms with Crippen molar-refractivity contribution in [3.05, 3.63) is 65.7 Å². The first-order valence-electron chi connectivity index (χ1n) is 6.34. The standard InChI is InChI=1S/C16H15N3/c1-13-8-10-14(11-9-13)5-4-12-19-17-15-6-2-3-7-16(15)18-19/h2-11H,12H2,1H3. The maximum absolute atomic E-state index is 4.41. The highest BCUT2D eigenvalue weighted by atomic mass is 15.5. The van der Waals surface area contributed by atoms with Crippen LogP contribution in [0.5, 0.6) is 0 Å². The van der Waals surface area contributed by atoms with Crippen molar-refractivity contribution in [2.75, 3.05) is 0 Å². The van der Waals surface area contributed by atoms with Gasteiger partial charge in [-0.1, -0.05) is 54.1 Å². The monoisotopic (exact) mass is 249 g/mol. The molecule has 0 N–H and O–H groups in total. The molecule has 0 radical (unpaired) electrons. The average molecular weight is 249 g/mol. The Balaban J connectivity index is 1.73. The third-order valence-corrected chi connectivity index (χ3v) is 2.98. The van der Waals surface area contributed by atoms with Gasteiger partial charge in [0.2, 0.25) is 0 Å². The van der Waals surface area contributed by atoms with Crippen LogP contribution in [-0.2, 0) is 6.54 Å². The summed E-state index contributed by atoms with van der Waals surface area (Å²) in [5.41, 5.74) is 4.34. The molecule has 3 heteroatoms. The number of rotatable bonds is 3. The maximum atomic E-state index is 4.41. The van der Waals surface area contributed by atoms with Crippen LogP contribution in [0, 0.1) is 6.92 Å². The van der Waals surface area contributed by atoms with E-state index < -0.39 is 0 Å². The molecule has 0 aliphatic carbocycles. The molecule has 0 spiro atoms. The van der Waals surface area contributed by atoms with E-state index in [4.69, 9.17) is 0 Å². The maximum Gasteiger partial charge on any atom is 0.113 e. The molecule has 3 nitrogen and oxygen atoms in total. The van der Waals surface area contributed by atoms with E-state index in [1.165, 1.54) is 11.1 Å². The van der Waals surface area contributed by atoms with Gasteiger partial charge in [-0.15, -0.1) is 0 Å². The average Bonchev–Trinajstić information content (AvgIpc) is 2.83. The number of benzene rings is 2. The van der Waals surface area contributed by atoms with Crippen LogP contribution in [0.4, 0.5) is 0 Å². The third kappa shape index (κ3) is 2.71. The summed E-state index contributed by atoms with van der Waals surface area (Å²) < 4.78 is 0. The molecule has 0 atom stereocenters. The van der Waals surface area contributed by atoms with E-state index in [-0.39, 0.29) is 0 Å². The molecule has 0 fully saturated rings. The molecule has 2 aromatic carbocycles. The third-order valence-electron chi connectivity index (χ3n) is 2.98. The number of aryl methyl sites for hydroxylation is 1. The lowest BCUT2D eigenvalue weighted by molar-refractivity contribution is 0.613. The number of allylic oxidation sites excluding steroid dienone is 1. The van der Waals surface area contributed by atoms with Crippen molar-refractivity contribution >= 4 is 17.1 Å². The van der Waals surface area contributed by atoms with Gasteiger partial charge in [0, 0.05) is 0 Å². The van der Waals surface area contributed by atoms with Gasteiger partial charge < -0.3 is 0 Å². The minimum Gasteiger partial charge on any atom is -0.180 e. The van der Waals surface area contributed by atoms with Crippen LogP contribution in [0.2, 0.25) is 0 Å². The van der Waals surface area contributed by atoms with Gasteiger partial charge in [-0.05, 0) is 24.6 Å². The highest BCUT2D eigenvalue weighted by Gasteiger charge is 1.98. The zero-order chi connectivity index (χ0) is 13.1. The lowest BCUT2D eigenvalue weighted by Crippen LogP contribution is -1.99. The van der Waals surface area contributed by atoms with Crippen LogP contribution in [-0.4, -0.2) is 15.0 Å². The zero-order valence-electron chi connectivity index (χ0n) is 10.8. The molecular formula is C16H15N3. The van der Waals surface area contributed by atoms with Crippen molar-refractivity contribution in [3.8, 4) is 0 Å².